The molecule has 2 aromatic carbocycles. The summed E-state index contributed by atoms with van der Waals surface area (Å²) in [6.07, 6.45) is 1.96. The number of H-pyrrole nitrogens is 1. The van der Waals surface area contributed by atoms with Crippen molar-refractivity contribution in [2.24, 2.45) is 0 Å². The van der Waals surface area contributed by atoms with Crippen molar-refractivity contribution < 1.29 is 19.4 Å². The van der Waals surface area contributed by atoms with Gasteiger partial charge in [-0.15, -0.1) is 0 Å². The molecule has 1 aromatic heterocycles. The molecular weight excluding hydrogens is 356 g/mol. The lowest BCUT2D eigenvalue weighted by Gasteiger charge is -2.26. The number of carboxylic acid groups (broad SMARTS) is 1. The van der Waals surface area contributed by atoms with E-state index in [1.54, 1.807) is 6.20 Å². The highest BCUT2D eigenvalue weighted by molar-refractivity contribution is 5.89. The lowest BCUT2D eigenvalue weighted by molar-refractivity contribution is -0.144. The first-order valence-electron chi connectivity index (χ1n) is 9.32. The van der Waals surface area contributed by atoms with Crippen molar-refractivity contribution in [3.05, 3.63) is 70.9 Å². The van der Waals surface area contributed by atoms with Crippen LogP contribution in [-0.4, -0.2) is 34.6 Å². The Hall–Kier alpha value is -3.12. The first-order valence-corrected chi connectivity index (χ1v) is 9.32. The van der Waals surface area contributed by atoms with Gasteiger partial charge in [-0.05, 0) is 41.7 Å². The second-order valence-electron chi connectivity index (χ2n) is 7.17. The zero-order valence-corrected chi connectivity index (χ0v) is 15.6. The summed E-state index contributed by atoms with van der Waals surface area (Å²) < 4.78 is 5.65. The summed E-state index contributed by atoms with van der Waals surface area (Å²) in [5.41, 5.74) is 4.80. The Morgan fingerprint density at radius 3 is 2.93 bits per heavy atom. The van der Waals surface area contributed by atoms with Gasteiger partial charge in [-0.3, -0.25) is 4.79 Å². The number of hydrogen-bond donors (Lipinski definition) is 3. The Labute approximate surface area is 162 Å². The van der Waals surface area contributed by atoms with E-state index < -0.39 is 24.0 Å². The van der Waals surface area contributed by atoms with Crippen LogP contribution in [0.5, 0.6) is 0 Å². The number of benzene rings is 2. The average Bonchev–Trinajstić information content (AvgIpc) is 3.08. The Kier molecular flexibility index (Phi) is 4.88. The quantitative estimate of drug-likeness (QED) is 0.637. The van der Waals surface area contributed by atoms with E-state index in [4.69, 9.17) is 4.74 Å². The maximum absolute atomic E-state index is 12.8. The number of amides is 1. The van der Waals surface area contributed by atoms with Gasteiger partial charge in [-0.1, -0.05) is 36.4 Å². The van der Waals surface area contributed by atoms with Crippen LogP contribution in [-0.2, 0) is 27.2 Å². The van der Waals surface area contributed by atoms with Gasteiger partial charge in [0.05, 0.1) is 6.61 Å². The summed E-state index contributed by atoms with van der Waals surface area (Å²) in [6.45, 7) is 2.44. The van der Waals surface area contributed by atoms with Gasteiger partial charge < -0.3 is 20.1 Å². The van der Waals surface area contributed by atoms with Crippen LogP contribution >= 0.6 is 0 Å². The summed E-state index contributed by atoms with van der Waals surface area (Å²) in [5, 5.41) is 13.3. The fourth-order valence-corrected chi connectivity index (χ4v) is 3.75. The molecule has 4 rings (SSSR count). The van der Waals surface area contributed by atoms with E-state index in [9.17, 15) is 14.7 Å². The van der Waals surface area contributed by atoms with Gasteiger partial charge in [0.1, 0.15) is 6.04 Å². The Morgan fingerprint density at radius 2 is 2.11 bits per heavy atom. The van der Waals surface area contributed by atoms with Crippen LogP contribution in [0, 0.1) is 6.92 Å². The molecule has 28 heavy (non-hydrogen) atoms. The van der Waals surface area contributed by atoms with Gasteiger partial charge in [0.2, 0.25) is 0 Å². The number of rotatable bonds is 5. The molecule has 1 amide bonds. The number of fused-ring (bicyclic) bond motifs is 2. The second kappa shape index (κ2) is 7.48. The average molecular weight is 378 g/mol. The van der Waals surface area contributed by atoms with E-state index in [2.05, 4.69) is 10.3 Å². The third kappa shape index (κ3) is 3.51. The second-order valence-corrected chi connectivity index (χ2v) is 7.17. The molecule has 0 bridgehead atoms. The van der Waals surface area contributed by atoms with Gasteiger partial charge in [-0.25, -0.2) is 4.79 Å². The van der Waals surface area contributed by atoms with Crippen molar-refractivity contribution in [1.82, 2.24) is 10.3 Å². The van der Waals surface area contributed by atoms with Gasteiger partial charge in [0, 0.05) is 23.5 Å². The number of hydrogen-bond acceptors (Lipinski definition) is 3. The minimum atomic E-state index is -1.07. The molecule has 0 spiro atoms. The summed E-state index contributed by atoms with van der Waals surface area (Å²) in [6, 6.07) is 12.6. The topological polar surface area (TPSA) is 91.4 Å². The number of aliphatic carboxylic acids is 1. The number of aromatic amines is 1. The number of carboxylic acids is 1. The smallest absolute Gasteiger partial charge is 0.326 e. The number of ether oxygens (including phenoxy) is 1. The van der Waals surface area contributed by atoms with Crippen molar-refractivity contribution >= 4 is 22.8 Å². The fourth-order valence-electron chi connectivity index (χ4n) is 3.75. The highest BCUT2D eigenvalue weighted by Crippen LogP contribution is 2.27. The van der Waals surface area contributed by atoms with E-state index >= 15 is 0 Å². The van der Waals surface area contributed by atoms with Crippen molar-refractivity contribution in [2.45, 2.75) is 31.9 Å². The molecule has 0 saturated carbocycles. The maximum atomic E-state index is 12.8. The normalized spacial score (nSPS) is 17.1. The molecule has 0 aliphatic carbocycles. The first-order chi connectivity index (χ1) is 13.5. The highest BCUT2D eigenvalue weighted by atomic mass is 16.5. The minimum Gasteiger partial charge on any atom is -0.480 e. The van der Waals surface area contributed by atoms with Crippen LogP contribution < -0.4 is 5.32 Å². The van der Waals surface area contributed by atoms with Crippen LogP contribution in [0.1, 0.15) is 28.4 Å². The summed E-state index contributed by atoms with van der Waals surface area (Å²) in [7, 11) is 0. The van der Waals surface area contributed by atoms with E-state index in [0.29, 0.717) is 6.61 Å². The molecule has 0 radical (unpaired) electrons. The Bertz CT molecular complexity index is 1040. The van der Waals surface area contributed by atoms with Gasteiger partial charge >= 0.3 is 5.97 Å². The molecule has 6 heteroatoms. The summed E-state index contributed by atoms with van der Waals surface area (Å²) in [4.78, 5) is 27.8. The molecule has 3 aromatic rings. The van der Waals surface area contributed by atoms with Crippen LogP contribution in [0.25, 0.3) is 10.9 Å². The van der Waals surface area contributed by atoms with Crippen molar-refractivity contribution in [3.8, 4) is 0 Å². The predicted molar refractivity (Wildman–Crippen MR) is 105 cm³/mol. The van der Waals surface area contributed by atoms with E-state index in [1.807, 2.05) is 49.4 Å². The number of carbonyl (C=O) groups is 2. The predicted octanol–water partition coefficient (Wildman–Crippen LogP) is 2.90. The third-order valence-corrected chi connectivity index (χ3v) is 5.19. The lowest BCUT2D eigenvalue weighted by atomic mass is 9.96. The third-order valence-electron chi connectivity index (χ3n) is 5.19. The summed E-state index contributed by atoms with van der Waals surface area (Å²) in [5.74, 6) is -1.49. The molecule has 2 heterocycles. The molecule has 0 saturated heterocycles. The van der Waals surface area contributed by atoms with Crippen LogP contribution in [0.4, 0.5) is 0 Å². The maximum Gasteiger partial charge on any atom is 0.326 e. The lowest BCUT2D eigenvalue weighted by Crippen LogP contribution is -2.45. The molecule has 3 N–H and O–H groups in total. The molecular formula is C22H22N2O4. The van der Waals surface area contributed by atoms with Crippen LogP contribution in [0.15, 0.2) is 48.7 Å². The molecule has 2 atom stereocenters. The van der Waals surface area contributed by atoms with Crippen LogP contribution in [0.3, 0.4) is 0 Å². The molecule has 1 aliphatic rings. The first kappa shape index (κ1) is 18.3. The zero-order chi connectivity index (χ0) is 19.7. The van der Waals surface area contributed by atoms with Crippen molar-refractivity contribution in [1.29, 1.82) is 0 Å². The minimum absolute atomic E-state index is 0.193. The van der Waals surface area contributed by atoms with E-state index in [1.165, 1.54) is 0 Å². The zero-order valence-electron chi connectivity index (χ0n) is 15.6. The molecule has 1 aliphatic heterocycles. The van der Waals surface area contributed by atoms with Crippen molar-refractivity contribution in [3.63, 3.8) is 0 Å². The number of nitrogens with one attached hydrogen (secondary N) is 2. The standard InChI is InChI=1S/C22H22N2O4/c1-13-6-7-16-15(12-23-18(16)10-13)11-19(22(26)27)24-21(25)20-17-5-3-2-4-14(17)8-9-28-20/h2-7,10,12,19-20,23H,8-9,11H2,1H3,(H,24,25)(H,26,27)/t19-,20?/m1/s1. The van der Waals surface area contributed by atoms with E-state index in [-0.39, 0.29) is 6.42 Å². The monoisotopic (exact) mass is 378 g/mol. The number of aromatic nitrogens is 1. The Balaban J connectivity index is 1.54. The van der Waals surface area contributed by atoms with Crippen molar-refractivity contribution in [2.75, 3.05) is 6.61 Å². The summed E-state index contributed by atoms with van der Waals surface area (Å²) >= 11 is 0. The van der Waals surface area contributed by atoms with Gasteiger partial charge in [-0.2, -0.15) is 0 Å². The highest BCUT2D eigenvalue weighted by Gasteiger charge is 2.31. The number of carbonyl (C=O) groups excluding carboxylic acids is 1. The van der Waals surface area contributed by atoms with Gasteiger partial charge in [0.25, 0.3) is 5.91 Å². The molecule has 6 nitrogen and oxygen atoms in total. The Morgan fingerprint density at radius 1 is 1.29 bits per heavy atom. The van der Waals surface area contributed by atoms with Crippen LogP contribution in [0.2, 0.25) is 0 Å². The van der Waals surface area contributed by atoms with E-state index in [0.717, 1.165) is 39.6 Å². The molecule has 0 fully saturated rings. The SMILES string of the molecule is Cc1ccc2c(C[C@@H](NC(=O)C3OCCc4ccccc43)C(=O)O)c[nH]c2c1. The van der Waals surface area contributed by atoms with Gasteiger partial charge in [0.15, 0.2) is 6.10 Å². The number of aryl methyl sites for hydroxylation is 1. The molecule has 144 valence electrons. The molecule has 1 unspecified atom stereocenters. The largest absolute Gasteiger partial charge is 0.480 e. The fraction of sp³-hybridized carbons (Fsp3) is 0.273.